The van der Waals surface area contributed by atoms with E-state index in [1.807, 2.05) is 6.07 Å². The number of morpholine rings is 1. The van der Waals surface area contributed by atoms with Crippen molar-refractivity contribution in [3.63, 3.8) is 0 Å². The van der Waals surface area contributed by atoms with E-state index in [4.69, 9.17) is 14.7 Å². The van der Waals surface area contributed by atoms with Crippen LogP contribution in [0.15, 0.2) is 58.0 Å². The van der Waals surface area contributed by atoms with Crippen LogP contribution in [0.2, 0.25) is 0 Å². The average Bonchev–Trinajstić information content (AvgIpc) is 2.67. The Bertz CT molecular complexity index is 899. The topological polar surface area (TPSA) is 38.2 Å². The maximum Gasteiger partial charge on any atom is 0.144 e. The second-order valence-electron chi connectivity index (χ2n) is 6.27. The molecule has 1 aliphatic rings. The first-order chi connectivity index (χ1) is 12.8. The molecule has 26 heavy (non-hydrogen) atoms. The van der Waals surface area contributed by atoms with Crippen molar-refractivity contribution in [1.82, 2.24) is 14.9 Å². The summed E-state index contributed by atoms with van der Waals surface area (Å²) in [4.78, 5) is 12.0. The quantitative estimate of drug-likeness (QED) is 0.440. The SMILES string of the molecule is Brc1cccc(CSc2nc(CN3CCOCC3)nc3ccccc23)c1. The molecule has 1 aromatic heterocycles. The van der Waals surface area contributed by atoms with Gasteiger partial charge in [0, 0.05) is 28.7 Å². The number of halogens is 1. The van der Waals surface area contributed by atoms with Gasteiger partial charge in [-0.15, -0.1) is 11.8 Å². The van der Waals surface area contributed by atoms with E-state index >= 15 is 0 Å². The second-order valence-corrected chi connectivity index (χ2v) is 8.15. The smallest absolute Gasteiger partial charge is 0.144 e. The molecule has 0 atom stereocenters. The van der Waals surface area contributed by atoms with Gasteiger partial charge in [-0.25, -0.2) is 9.97 Å². The number of para-hydroxylation sites is 1. The normalized spacial score (nSPS) is 15.4. The van der Waals surface area contributed by atoms with Gasteiger partial charge in [0.25, 0.3) is 0 Å². The van der Waals surface area contributed by atoms with Gasteiger partial charge >= 0.3 is 0 Å². The van der Waals surface area contributed by atoms with Crippen LogP contribution in [0.25, 0.3) is 10.9 Å². The number of aromatic nitrogens is 2. The number of rotatable bonds is 5. The summed E-state index contributed by atoms with van der Waals surface area (Å²) < 4.78 is 6.55. The largest absolute Gasteiger partial charge is 0.379 e. The van der Waals surface area contributed by atoms with Crippen LogP contribution < -0.4 is 0 Å². The van der Waals surface area contributed by atoms with Gasteiger partial charge in [-0.2, -0.15) is 0 Å². The van der Waals surface area contributed by atoms with Crippen LogP contribution >= 0.6 is 27.7 Å². The van der Waals surface area contributed by atoms with E-state index in [0.717, 1.165) is 64.8 Å². The third-order valence-corrected chi connectivity index (χ3v) is 5.90. The monoisotopic (exact) mass is 429 g/mol. The van der Waals surface area contributed by atoms with Gasteiger partial charge < -0.3 is 4.74 Å². The fourth-order valence-electron chi connectivity index (χ4n) is 3.01. The van der Waals surface area contributed by atoms with E-state index in [1.54, 1.807) is 11.8 Å². The molecule has 4 rings (SSSR count). The zero-order chi connectivity index (χ0) is 17.8. The Morgan fingerprint density at radius 1 is 1.04 bits per heavy atom. The molecule has 2 aromatic carbocycles. The molecule has 1 fully saturated rings. The summed E-state index contributed by atoms with van der Waals surface area (Å²) in [5.74, 6) is 1.78. The van der Waals surface area contributed by atoms with Crippen LogP contribution in [-0.4, -0.2) is 41.2 Å². The van der Waals surface area contributed by atoms with Crippen molar-refractivity contribution in [3.8, 4) is 0 Å². The lowest BCUT2D eigenvalue weighted by Gasteiger charge is -2.25. The number of hydrogen-bond acceptors (Lipinski definition) is 5. The number of fused-ring (bicyclic) bond motifs is 1. The first-order valence-electron chi connectivity index (χ1n) is 8.71. The lowest BCUT2D eigenvalue weighted by atomic mass is 10.2. The third kappa shape index (κ3) is 4.43. The molecule has 3 aromatic rings. The predicted molar refractivity (Wildman–Crippen MR) is 109 cm³/mol. The van der Waals surface area contributed by atoms with Crippen LogP contribution in [0.4, 0.5) is 0 Å². The fraction of sp³-hybridized carbons (Fsp3) is 0.300. The minimum atomic E-state index is 0.776. The summed E-state index contributed by atoms with van der Waals surface area (Å²) in [6, 6.07) is 16.7. The number of hydrogen-bond donors (Lipinski definition) is 0. The summed E-state index contributed by atoms with van der Waals surface area (Å²) in [5.41, 5.74) is 2.30. The first kappa shape index (κ1) is 17.9. The highest BCUT2D eigenvalue weighted by molar-refractivity contribution is 9.10. The Balaban J connectivity index is 1.59. The third-order valence-electron chi connectivity index (χ3n) is 4.35. The summed E-state index contributed by atoms with van der Waals surface area (Å²) >= 11 is 5.32. The second kappa shape index (κ2) is 8.48. The highest BCUT2D eigenvalue weighted by Gasteiger charge is 2.14. The molecule has 0 unspecified atom stereocenters. The molecule has 0 spiro atoms. The minimum Gasteiger partial charge on any atom is -0.379 e. The highest BCUT2D eigenvalue weighted by Crippen LogP contribution is 2.29. The number of nitrogens with zero attached hydrogens (tertiary/aromatic N) is 3. The Morgan fingerprint density at radius 3 is 2.73 bits per heavy atom. The first-order valence-corrected chi connectivity index (χ1v) is 10.5. The Morgan fingerprint density at radius 2 is 1.88 bits per heavy atom. The van der Waals surface area contributed by atoms with Crippen LogP contribution in [0.5, 0.6) is 0 Å². The maximum atomic E-state index is 5.44. The lowest BCUT2D eigenvalue weighted by Crippen LogP contribution is -2.36. The Kier molecular flexibility index (Phi) is 5.84. The van der Waals surface area contributed by atoms with E-state index in [-0.39, 0.29) is 0 Å². The molecular weight excluding hydrogens is 410 g/mol. The molecule has 0 amide bonds. The molecule has 6 heteroatoms. The molecule has 134 valence electrons. The molecule has 1 saturated heterocycles. The summed E-state index contributed by atoms with van der Waals surface area (Å²) in [7, 11) is 0. The van der Waals surface area contributed by atoms with Crippen LogP contribution in [0.1, 0.15) is 11.4 Å². The van der Waals surface area contributed by atoms with Crippen LogP contribution in [-0.2, 0) is 17.0 Å². The van der Waals surface area contributed by atoms with Gasteiger partial charge in [-0.05, 0) is 23.8 Å². The highest BCUT2D eigenvalue weighted by atomic mass is 79.9. The van der Waals surface area contributed by atoms with Gasteiger partial charge in [0.05, 0.1) is 25.3 Å². The number of ether oxygens (including phenoxy) is 1. The van der Waals surface area contributed by atoms with E-state index in [1.165, 1.54) is 5.56 Å². The standard InChI is InChI=1S/C20H20BrN3OS/c21-16-5-3-4-15(12-16)14-26-20-17-6-1-2-7-18(17)22-19(23-20)13-24-8-10-25-11-9-24/h1-7,12H,8-11,13-14H2. The predicted octanol–water partition coefficient (Wildman–Crippen LogP) is 4.52. The molecule has 0 radical (unpaired) electrons. The van der Waals surface area contributed by atoms with Gasteiger partial charge in [-0.3, -0.25) is 4.90 Å². The molecule has 2 heterocycles. The molecule has 0 N–H and O–H groups in total. The molecular formula is C20H20BrN3OS. The lowest BCUT2D eigenvalue weighted by molar-refractivity contribution is 0.0330. The Labute approximate surface area is 166 Å². The number of thioether (sulfide) groups is 1. The van der Waals surface area contributed by atoms with E-state index in [2.05, 4.69) is 63.3 Å². The molecule has 0 saturated carbocycles. The summed E-state index contributed by atoms with van der Waals surface area (Å²) in [6.45, 7) is 4.24. The van der Waals surface area contributed by atoms with Crippen LogP contribution in [0, 0.1) is 0 Å². The molecule has 0 aliphatic carbocycles. The van der Waals surface area contributed by atoms with Crippen molar-refractivity contribution in [1.29, 1.82) is 0 Å². The van der Waals surface area contributed by atoms with Crippen molar-refractivity contribution >= 4 is 38.6 Å². The van der Waals surface area contributed by atoms with Gasteiger partial charge in [-0.1, -0.05) is 46.3 Å². The van der Waals surface area contributed by atoms with Crippen molar-refractivity contribution in [2.24, 2.45) is 0 Å². The van der Waals surface area contributed by atoms with Gasteiger partial charge in [0.2, 0.25) is 0 Å². The zero-order valence-electron chi connectivity index (χ0n) is 14.4. The molecule has 0 bridgehead atoms. The van der Waals surface area contributed by atoms with Crippen LogP contribution in [0.3, 0.4) is 0 Å². The summed E-state index contributed by atoms with van der Waals surface area (Å²) in [5, 5.41) is 2.18. The van der Waals surface area contributed by atoms with Crippen molar-refractivity contribution < 1.29 is 4.74 Å². The maximum absolute atomic E-state index is 5.44. The Hall–Kier alpha value is -1.47. The van der Waals surface area contributed by atoms with E-state index in [0.29, 0.717) is 0 Å². The van der Waals surface area contributed by atoms with Crippen molar-refractivity contribution in [2.45, 2.75) is 17.3 Å². The van der Waals surface area contributed by atoms with Crippen molar-refractivity contribution in [2.75, 3.05) is 26.3 Å². The average molecular weight is 430 g/mol. The fourth-order valence-corrected chi connectivity index (χ4v) is 4.44. The summed E-state index contributed by atoms with van der Waals surface area (Å²) in [6.07, 6.45) is 0. The number of benzene rings is 2. The molecule has 1 aliphatic heterocycles. The minimum absolute atomic E-state index is 0.776. The molecule has 4 nitrogen and oxygen atoms in total. The van der Waals surface area contributed by atoms with Gasteiger partial charge in [0.1, 0.15) is 10.9 Å². The van der Waals surface area contributed by atoms with E-state index in [9.17, 15) is 0 Å². The van der Waals surface area contributed by atoms with Crippen molar-refractivity contribution in [3.05, 3.63) is 64.4 Å². The zero-order valence-corrected chi connectivity index (χ0v) is 16.8. The van der Waals surface area contributed by atoms with E-state index < -0.39 is 0 Å². The van der Waals surface area contributed by atoms with Gasteiger partial charge in [0.15, 0.2) is 0 Å².